The number of carbonyl (C=O) groups is 1. The maximum atomic E-state index is 15.1. The zero-order chi connectivity index (χ0) is 28.1. The number of furan rings is 1. The van der Waals surface area contributed by atoms with Crippen molar-refractivity contribution in [3.8, 4) is 33.8 Å². The number of aromatic nitrogens is 3. The van der Waals surface area contributed by atoms with Gasteiger partial charge in [0.2, 0.25) is 0 Å². The molecule has 6 rings (SSSR count). The number of carbonyl (C=O) groups excluding carboxylic acids is 1. The highest BCUT2D eigenvalue weighted by Crippen LogP contribution is 2.41. The number of hydrogen-bond acceptors (Lipinski definition) is 5. The van der Waals surface area contributed by atoms with Gasteiger partial charge in [-0.15, -0.1) is 0 Å². The molecule has 1 amide bonds. The van der Waals surface area contributed by atoms with Crippen molar-refractivity contribution >= 4 is 45.3 Å². The van der Waals surface area contributed by atoms with Gasteiger partial charge in [-0.3, -0.25) is 4.79 Å². The van der Waals surface area contributed by atoms with E-state index in [1.54, 1.807) is 30.3 Å². The molecule has 0 bridgehead atoms. The summed E-state index contributed by atoms with van der Waals surface area (Å²) in [6.07, 6.45) is 1.48. The van der Waals surface area contributed by atoms with E-state index in [0.717, 1.165) is 11.3 Å². The van der Waals surface area contributed by atoms with E-state index >= 15 is 4.39 Å². The Bertz CT molecular complexity index is 1930. The van der Waals surface area contributed by atoms with Crippen LogP contribution >= 0.6 is 11.6 Å². The number of hydrogen-bond donors (Lipinski definition) is 2. The minimum atomic E-state index is -0.464. The van der Waals surface area contributed by atoms with Gasteiger partial charge < -0.3 is 19.6 Å². The molecule has 10 heteroatoms. The lowest BCUT2D eigenvalue weighted by Gasteiger charge is -2.18. The van der Waals surface area contributed by atoms with Crippen LogP contribution in [0.25, 0.3) is 56.0 Å². The van der Waals surface area contributed by atoms with E-state index in [9.17, 15) is 9.18 Å². The van der Waals surface area contributed by atoms with Gasteiger partial charge >= 0.3 is 0 Å². The van der Waals surface area contributed by atoms with E-state index in [2.05, 4.69) is 20.3 Å². The Balaban J connectivity index is 1.57. The SMILES string of the molecule is CNC(=O)c1c(-c2ccc(F)cc2)oc2cc(N(C)C)c(-c3ccc(F)c(-c4nc5ncc(Cl)cc5[nH]4)c3)cc12. The van der Waals surface area contributed by atoms with Crippen LogP contribution in [0.3, 0.4) is 0 Å². The summed E-state index contributed by atoms with van der Waals surface area (Å²) in [5.74, 6) is -0.577. The predicted octanol–water partition coefficient (Wildman–Crippen LogP) is 7.06. The number of halogens is 3. The first-order valence-corrected chi connectivity index (χ1v) is 12.7. The number of imidazole rings is 1. The molecule has 0 spiro atoms. The molecular formula is C30H22ClF2N5O2. The average Bonchev–Trinajstić information content (AvgIpc) is 3.53. The van der Waals surface area contributed by atoms with Crippen LogP contribution in [-0.2, 0) is 0 Å². The standard InChI is InChI=1S/C30H22ClF2N5O2/c1-34-30(39)26-21-12-19(24(38(2)3)13-25(21)40-27(26)15-4-7-18(32)8-5-15)16-6-9-22(33)20(10-16)28-36-23-11-17(31)14-35-29(23)37-28/h4-14H,1-3H3,(H,34,39)(H,35,36,37). The molecule has 0 fully saturated rings. The first kappa shape index (κ1) is 25.5. The summed E-state index contributed by atoms with van der Waals surface area (Å²) in [6, 6.07) is 15.9. The van der Waals surface area contributed by atoms with Crippen LogP contribution in [0.15, 0.2) is 71.3 Å². The molecule has 3 aromatic heterocycles. The van der Waals surface area contributed by atoms with Crippen LogP contribution in [0, 0.1) is 11.6 Å². The molecule has 3 aromatic carbocycles. The molecule has 0 aliphatic heterocycles. The topological polar surface area (TPSA) is 87.1 Å². The molecule has 40 heavy (non-hydrogen) atoms. The number of aromatic amines is 1. The maximum Gasteiger partial charge on any atom is 0.255 e. The van der Waals surface area contributed by atoms with Crippen LogP contribution in [0.2, 0.25) is 5.02 Å². The summed E-state index contributed by atoms with van der Waals surface area (Å²) in [5, 5.41) is 3.67. The van der Waals surface area contributed by atoms with Crippen LogP contribution in [0.4, 0.5) is 14.5 Å². The molecule has 0 aliphatic rings. The number of pyridine rings is 1. The summed E-state index contributed by atoms with van der Waals surface area (Å²) >= 11 is 6.06. The summed E-state index contributed by atoms with van der Waals surface area (Å²) < 4.78 is 34.9. The molecule has 3 heterocycles. The number of anilines is 1. The largest absolute Gasteiger partial charge is 0.455 e. The summed E-state index contributed by atoms with van der Waals surface area (Å²) in [4.78, 5) is 26.7. The summed E-state index contributed by atoms with van der Waals surface area (Å²) in [6.45, 7) is 0. The van der Waals surface area contributed by atoms with Crippen molar-refractivity contribution in [3.63, 3.8) is 0 Å². The minimum Gasteiger partial charge on any atom is -0.455 e. The molecule has 200 valence electrons. The maximum absolute atomic E-state index is 15.1. The van der Waals surface area contributed by atoms with Crippen LogP contribution in [0.1, 0.15) is 10.4 Å². The van der Waals surface area contributed by atoms with Gasteiger partial charge in [-0.1, -0.05) is 17.7 Å². The van der Waals surface area contributed by atoms with Crippen molar-refractivity contribution < 1.29 is 18.0 Å². The number of nitrogens with zero attached hydrogens (tertiary/aromatic N) is 3. The highest BCUT2D eigenvalue weighted by molar-refractivity contribution is 6.31. The second kappa shape index (κ2) is 9.77. The van der Waals surface area contributed by atoms with Crippen LogP contribution < -0.4 is 10.2 Å². The number of rotatable bonds is 5. The van der Waals surface area contributed by atoms with Crippen molar-refractivity contribution in [2.45, 2.75) is 0 Å². The second-order valence-electron chi connectivity index (χ2n) is 9.46. The molecular weight excluding hydrogens is 536 g/mol. The third kappa shape index (κ3) is 4.34. The molecule has 6 aromatic rings. The lowest BCUT2D eigenvalue weighted by Crippen LogP contribution is -2.18. The summed E-state index contributed by atoms with van der Waals surface area (Å²) in [5.41, 5.74) is 4.84. The van der Waals surface area contributed by atoms with Gasteiger partial charge in [0.05, 0.1) is 21.7 Å². The fraction of sp³-hybridized carbons (Fsp3) is 0.100. The average molecular weight is 558 g/mol. The Morgan fingerprint density at radius 3 is 2.48 bits per heavy atom. The number of nitrogens with one attached hydrogen (secondary N) is 2. The van der Waals surface area contributed by atoms with Crippen LogP contribution in [-0.4, -0.2) is 42.0 Å². The summed E-state index contributed by atoms with van der Waals surface area (Å²) in [7, 11) is 5.30. The molecule has 2 N–H and O–H groups in total. The van der Waals surface area contributed by atoms with Gasteiger partial charge in [0.1, 0.15) is 28.8 Å². The van der Waals surface area contributed by atoms with Gasteiger partial charge in [0.25, 0.3) is 5.91 Å². The highest BCUT2D eigenvalue weighted by Gasteiger charge is 2.24. The van der Waals surface area contributed by atoms with Gasteiger partial charge in [0.15, 0.2) is 5.65 Å². The Morgan fingerprint density at radius 2 is 1.75 bits per heavy atom. The quantitative estimate of drug-likeness (QED) is 0.237. The number of H-pyrrole nitrogens is 1. The monoisotopic (exact) mass is 557 g/mol. The minimum absolute atomic E-state index is 0.252. The lowest BCUT2D eigenvalue weighted by atomic mass is 9.96. The molecule has 0 saturated heterocycles. The van der Waals surface area contributed by atoms with Gasteiger partial charge in [-0.05, 0) is 54.1 Å². The Labute approximate surface area is 232 Å². The van der Waals surface area contributed by atoms with E-state index in [-0.39, 0.29) is 11.5 Å². The third-order valence-electron chi connectivity index (χ3n) is 6.69. The Morgan fingerprint density at radius 1 is 1.00 bits per heavy atom. The van der Waals surface area contributed by atoms with Crippen molar-refractivity contribution in [1.29, 1.82) is 0 Å². The lowest BCUT2D eigenvalue weighted by molar-refractivity contribution is 0.0964. The highest BCUT2D eigenvalue weighted by atomic mass is 35.5. The molecule has 0 unspecified atom stereocenters. The molecule has 0 aliphatic carbocycles. The predicted molar refractivity (Wildman–Crippen MR) is 153 cm³/mol. The first-order valence-electron chi connectivity index (χ1n) is 12.3. The number of benzene rings is 3. The van der Waals surface area contributed by atoms with E-state index in [1.165, 1.54) is 31.4 Å². The van der Waals surface area contributed by atoms with E-state index in [0.29, 0.717) is 55.4 Å². The van der Waals surface area contributed by atoms with Gasteiger partial charge in [-0.2, -0.15) is 0 Å². The van der Waals surface area contributed by atoms with Gasteiger partial charge in [0, 0.05) is 55.6 Å². The van der Waals surface area contributed by atoms with E-state index in [1.807, 2.05) is 31.1 Å². The molecule has 0 atom stereocenters. The second-order valence-corrected chi connectivity index (χ2v) is 9.89. The first-order chi connectivity index (χ1) is 19.2. The Hall–Kier alpha value is -4.76. The number of amides is 1. The normalized spacial score (nSPS) is 11.3. The third-order valence-corrected chi connectivity index (χ3v) is 6.89. The fourth-order valence-corrected chi connectivity index (χ4v) is 4.92. The zero-order valence-electron chi connectivity index (χ0n) is 21.6. The van der Waals surface area contributed by atoms with E-state index in [4.69, 9.17) is 16.0 Å². The molecule has 0 radical (unpaired) electrons. The van der Waals surface area contributed by atoms with Crippen molar-refractivity contribution in [1.82, 2.24) is 20.3 Å². The smallest absolute Gasteiger partial charge is 0.255 e. The van der Waals surface area contributed by atoms with Gasteiger partial charge in [-0.25, -0.2) is 18.7 Å². The molecule has 7 nitrogen and oxygen atoms in total. The van der Waals surface area contributed by atoms with Crippen molar-refractivity contribution in [3.05, 3.63) is 89.1 Å². The van der Waals surface area contributed by atoms with Crippen LogP contribution in [0.5, 0.6) is 0 Å². The van der Waals surface area contributed by atoms with Crippen molar-refractivity contribution in [2.75, 3.05) is 26.0 Å². The van der Waals surface area contributed by atoms with E-state index < -0.39 is 11.6 Å². The molecule has 0 saturated carbocycles. The fourth-order valence-electron chi connectivity index (χ4n) is 4.76. The van der Waals surface area contributed by atoms with Crippen molar-refractivity contribution in [2.24, 2.45) is 0 Å². The zero-order valence-corrected chi connectivity index (χ0v) is 22.4. The number of fused-ring (bicyclic) bond motifs is 2. The Kier molecular flexibility index (Phi) is 6.23.